The number of likely N-dealkylation sites (tertiary alicyclic amines) is 1. The first-order chi connectivity index (χ1) is 12.4. The van der Waals surface area contributed by atoms with E-state index in [2.05, 4.69) is 10.4 Å². The Morgan fingerprint density at radius 1 is 1.35 bits per heavy atom. The first kappa shape index (κ1) is 18.1. The van der Waals surface area contributed by atoms with Crippen LogP contribution in [0.1, 0.15) is 35.2 Å². The van der Waals surface area contributed by atoms with Crippen molar-refractivity contribution >= 4 is 11.8 Å². The fourth-order valence-corrected chi connectivity index (χ4v) is 3.39. The number of aryl methyl sites for hydroxylation is 1. The van der Waals surface area contributed by atoms with Gasteiger partial charge in [-0.05, 0) is 31.4 Å². The molecule has 1 unspecified atom stereocenters. The van der Waals surface area contributed by atoms with Crippen LogP contribution in [0.3, 0.4) is 0 Å². The molecule has 3 rings (SSSR count). The molecule has 7 heteroatoms. The molecule has 1 aliphatic heterocycles. The molecule has 26 heavy (non-hydrogen) atoms. The summed E-state index contributed by atoms with van der Waals surface area (Å²) in [4.78, 5) is 26.1. The molecule has 1 aromatic heterocycles. The fourth-order valence-electron chi connectivity index (χ4n) is 3.39. The number of β-amino-alcohol motifs (C(OH)–C–C–N with tert-alkyl or cyclic N) is 1. The quantitative estimate of drug-likeness (QED) is 0.864. The topological polar surface area (TPSA) is 87.5 Å². The largest absolute Gasteiger partial charge is 0.388 e. The highest BCUT2D eigenvalue weighted by Crippen LogP contribution is 2.26. The summed E-state index contributed by atoms with van der Waals surface area (Å²) >= 11 is 0. The molecular formula is C19H24N4O3. The first-order valence-electron chi connectivity index (χ1n) is 8.75. The number of piperidine rings is 1. The van der Waals surface area contributed by atoms with Crippen LogP contribution in [0.4, 0.5) is 0 Å². The Hall–Kier alpha value is -2.67. The average molecular weight is 356 g/mol. The van der Waals surface area contributed by atoms with E-state index in [0.29, 0.717) is 24.9 Å². The van der Waals surface area contributed by atoms with Crippen molar-refractivity contribution in [2.45, 2.75) is 31.8 Å². The van der Waals surface area contributed by atoms with E-state index in [4.69, 9.17) is 0 Å². The van der Waals surface area contributed by atoms with E-state index in [1.54, 1.807) is 22.0 Å². The molecule has 0 spiro atoms. The number of para-hydroxylation sites is 1. The van der Waals surface area contributed by atoms with Crippen LogP contribution in [0.5, 0.6) is 0 Å². The van der Waals surface area contributed by atoms with Crippen LogP contribution in [0, 0.1) is 6.92 Å². The minimum Gasteiger partial charge on any atom is -0.388 e. The van der Waals surface area contributed by atoms with E-state index < -0.39 is 5.60 Å². The number of carbonyl (C=O) groups is 2. The molecular weight excluding hydrogens is 332 g/mol. The Kier molecular flexibility index (Phi) is 5.08. The van der Waals surface area contributed by atoms with Crippen molar-refractivity contribution in [3.05, 3.63) is 47.8 Å². The van der Waals surface area contributed by atoms with Crippen LogP contribution in [0.2, 0.25) is 0 Å². The van der Waals surface area contributed by atoms with Crippen LogP contribution in [0.25, 0.3) is 5.69 Å². The maximum absolute atomic E-state index is 12.8. The third-order valence-corrected chi connectivity index (χ3v) is 4.80. The van der Waals surface area contributed by atoms with Crippen LogP contribution >= 0.6 is 0 Å². The lowest BCUT2D eigenvalue weighted by atomic mass is 9.89. The Balaban J connectivity index is 1.75. The van der Waals surface area contributed by atoms with Crippen molar-refractivity contribution in [1.29, 1.82) is 0 Å². The SMILES string of the molecule is CNC(=O)CC1(O)CCCN(C(=O)c2cnn(-c3ccccc3C)c2)C1. The van der Waals surface area contributed by atoms with Gasteiger partial charge < -0.3 is 15.3 Å². The highest BCUT2D eigenvalue weighted by Gasteiger charge is 2.37. The van der Waals surface area contributed by atoms with Crippen molar-refractivity contribution in [3.63, 3.8) is 0 Å². The van der Waals surface area contributed by atoms with Crippen molar-refractivity contribution in [2.24, 2.45) is 0 Å². The van der Waals surface area contributed by atoms with Gasteiger partial charge in [0.2, 0.25) is 5.91 Å². The zero-order chi connectivity index (χ0) is 18.7. The number of nitrogens with one attached hydrogen (secondary N) is 1. The van der Waals surface area contributed by atoms with Crippen LogP contribution in [-0.4, -0.2) is 57.3 Å². The molecule has 138 valence electrons. The highest BCUT2D eigenvalue weighted by molar-refractivity contribution is 5.94. The molecule has 2 amide bonds. The van der Waals surface area contributed by atoms with Gasteiger partial charge in [-0.15, -0.1) is 0 Å². The summed E-state index contributed by atoms with van der Waals surface area (Å²) in [5.74, 6) is -0.408. The van der Waals surface area contributed by atoms with Crippen molar-refractivity contribution in [1.82, 2.24) is 20.0 Å². The Labute approximate surface area is 152 Å². The minimum absolute atomic E-state index is 0.00421. The normalized spacial score (nSPS) is 20.0. The molecule has 0 aliphatic carbocycles. The lowest BCUT2D eigenvalue weighted by Gasteiger charge is -2.38. The molecule has 1 aromatic carbocycles. The zero-order valence-electron chi connectivity index (χ0n) is 15.1. The Bertz CT molecular complexity index is 817. The van der Waals surface area contributed by atoms with E-state index in [1.165, 1.54) is 7.05 Å². The summed E-state index contributed by atoms with van der Waals surface area (Å²) in [6, 6.07) is 7.81. The minimum atomic E-state index is -1.18. The smallest absolute Gasteiger partial charge is 0.257 e. The van der Waals surface area contributed by atoms with Gasteiger partial charge in [-0.25, -0.2) is 4.68 Å². The van der Waals surface area contributed by atoms with Gasteiger partial charge in [0.25, 0.3) is 5.91 Å². The van der Waals surface area contributed by atoms with Gasteiger partial charge in [0.1, 0.15) is 0 Å². The molecule has 2 N–H and O–H groups in total. The van der Waals surface area contributed by atoms with Crippen molar-refractivity contribution in [3.8, 4) is 5.69 Å². The van der Waals surface area contributed by atoms with E-state index >= 15 is 0 Å². The van der Waals surface area contributed by atoms with Crippen molar-refractivity contribution in [2.75, 3.05) is 20.1 Å². The van der Waals surface area contributed by atoms with Gasteiger partial charge in [-0.1, -0.05) is 18.2 Å². The van der Waals surface area contributed by atoms with E-state index in [-0.39, 0.29) is 24.8 Å². The number of rotatable bonds is 4. The second-order valence-corrected chi connectivity index (χ2v) is 6.86. The molecule has 1 saturated heterocycles. The first-order valence-corrected chi connectivity index (χ1v) is 8.75. The fraction of sp³-hybridized carbons (Fsp3) is 0.421. The second kappa shape index (κ2) is 7.29. The summed E-state index contributed by atoms with van der Waals surface area (Å²) in [6.45, 7) is 2.70. The molecule has 0 radical (unpaired) electrons. The molecule has 1 aliphatic rings. The Morgan fingerprint density at radius 3 is 2.85 bits per heavy atom. The van der Waals surface area contributed by atoms with E-state index in [9.17, 15) is 14.7 Å². The number of carbonyl (C=O) groups excluding carboxylic acids is 2. The zero-order valence-corrected chi connectivity index (χ0v) is 15.1. The summed E-state index contributed by atoms with van der Waals surface area (Å²) in [6.07, 6.45) is 4.41. The number of nitrogens with zero attached hydrogens (tertiary/aromatic N) is 3. The molecule has 0 bridgehead atoms. The van der Waals surface area contributed by atoms with Gasteiger partial charge in [0, 0.05) is 19.8 Å². The summed E-state index contributed by atoms with van der Waals surface area (Å²) in [7, 11) is 1.54. The van der Waals surface area contributed by atoms with Gasteiger partial charge >= 0.3 is 0 Å². The van der Waals surface area contributed by atoms with Gasteiger partial charge in [0.15, 0.2) is 0 Å². The molecule has 1 fully saturated rings. The van der Waals surface area contributed by atoms with Crippen molar-refractivity contribution < 1.29 is 14.7 Å². The third-order valence-electron chi connectivity index (χ3n) is 4.80. The summed E-state index contributed by atoms with van der Waals surface area (Å²) in [5, 5.41) is 17.5. The highest BCUT2D eigenvalue weighted by atomic mass is 16.3. The standard InChI is InChI=1S/C19H24N4O3/c1-14-6-3-4-7-16(14)23-12-15(11-21-23)18(25)22-9-5-8-19(26,13-22)10-17(24)20-2/h3-4,6-7,11-12,26H,5,8-10,13H2,1-2H3,(H,20,24). The van der Waals surface area contributed by atoms with Gasteiger partial charge in [0.05, 0.1) is 36.0 Å². The number of benzene rings is 1. The number of aromatic nitrogens is 2. The lowest BCUT2D eigenvalue weighted by molar-refractivity contribution is -0.127. The van der Waals surface area contributed by atoms with E-state index in [0.717, 1.165) is 11.3 Å². The Morgan fingerprint density at radius 2 is 2.12 bits per heavy atom. The maximum Gasteiger partial charge on any atom is 0.257 e. The molecule has 2 heterocycles. The average Bonchev–Trinajstić information content (AvgIpc) is 3.10. The number of amides is 2. The van der Waals surface area contributed by atoms with Gasteiger partial charge in [-0.3, -0.25) is 9.59 Å². The summed E-state index contributed by atoms with van der Waals surface area (Å²) in [5.41, 5.74) is 1.27. The molecule has 0 saturated carbocycles. The monoisotopic (exact) mass is 356 g/mol. The predicted molar refractivity (Wildman–Crippen MR) is 97.1 cm³/mol. The third kappa shape index (κ3) is 3.77. The second-order valence-electron chi connectivity index (χ2n) is 6.86. The number of hydrogen-bond acceptors (Lipinski definition) is 4. The number of hydrogen-bond donors (Lipinski definition) is 2. The lowest BCUT2D eigenvalue weighted by Crippen LogP contribution is -2.52. The van der Waals surface area contributed by atoms with Crippen LogP contribution in [0.15, 0.2) is 36.7 Å². The van der Waals surface area contributed by atoms with Crippen LogP contribution in [-0.2, 0) is 4.79 Å². The van der Waals surface area contributed by atoms with E-state index in [1.807, 2.05) is 31.2 Å². The number of aliphatic hydroxyl groups is 1. The molecule has 7 nitrogen and oxygen atoms in total. The predicted octanol–water partition coefficient (Wildman–Crippen LogP) is 1.28. The van der Waals surface area contributed by atoms with Crippen LogP contribution < -0.4 is 5.32 Å². The molecule has 2 aromatic rings. The van der Waals surface area contributed by atoms with Gasteiger partial charge in [-0.2, -0.15) is 5.10 Å². The molecule has 1 atom stereocenters. The summed E-state index contributed by atoms with van der Waals surface area (Å²) < 4.78 is 1.68. The maximum atomic E-state index is 12.8.